The number of thioether (sulfide) groups is 1. The third-order valence-electron chi connectivity index (χ3n) is 3.66. The normalized spacial score (nSPS) is 19.6. The summed E-state index contributed by atoms with van der Waals surface area (Å²) in [5.74, 6) is 0.818. The van der Waals surface area contributed by atoms with Crippen molar-refractivity contribution in [2.75, 3.05) is 26.6 Å². The minimum absolute atomic E-state index is 0.0251. The van der Waals surface area contributed by atoms with E-state index in [-0.39, 0.29) is 16.1 Å². The van der Waals surface area contributed by atoms with Gasteiger partial charge in [0.15, 0.2) is 0 Å². The average molecular weight is 274 g/mol. The monoisotopic (exact) mass is 274 g/mol. The van der Waals surface area contributed by atoms with E-state index in [2.05, 4.69) is 13.8 Å². The first kappa shape index (κ1) is 15.8. The maximum atomic E-state index is 12.1. The van der Waals surface area contributed by atoms with E-state index >= 15 is 0 Å². The summed E-state index contributed by atoms with van der Waals surface area (Å²) in [6.45, 7) is 5.03. The molecule has 0 radical (unpaired) electrons. The highest BCUT2D eigenvalue weighted by Gasteiger charge is 2.41. The number of rotatable bonds is 6. The molecule has 18 heavy (non-hydrogen) atoms. The first-order chi connectivity index (χ1) is 8.46. The molecule has 0 aliphatic heterocycles. The lowest BCUT2D eigenvalue weighted by Crippen LogP contribution is -2.38. The van der Waals surface area contributed by atoms with Crippen LogP contribution in [0.5, 0.6) is 0 Å². The fraction of sp³-hybridized carbons (Fsp3) is 0.929. The Kier molecular flexibility index (Phi) is 5.99. The Bertz CT molecular complexity index is 270. The Hall–Kier alpha value is -0.220. The molecule has 0 amide bonds. The fourth-order valence-electron chi connectivity index (χ4n) is 2.58. The molecular formula is C14H26O3S. The van der Waals surface area contributed by atoms with Crippen LogP contribution >= 0.6 is 11.8 Å². The molecule has 0 heterocycles. The molecule has 1 rings (SSSR count). The summed E-state index contributed by atoms with van der Waals surface area (Å²) in [6, 6.07) is 0. The van der Waals surface area contributed by atoms with E-state index in [4.69, 9.17) is 9.47 Å². The standard InChI is InChI=1S/C14H26O3S/c1-13(2,10-16-3)18-11-14(12(15)17-4)8-6-5-7-9-14/h5-11H2,1-4H3. The predicted molar refractivity (Wildman–Crippen MR) is 75.9 cm³/mol. The largest absolute Gasteiger partial charge is 0.469 e. The van der Waals surface area contributed by atoms with Crippen molar-refractivity contribution in [3.05, 3.63) is 0 Å². The summed E-state index contributed by atoms with van der Waals surface area (Å²) in [7, 11) is 3.22. The van der Waals surface area contributed by atoms with Gasteiger partial charge in [-0.1, -0.05) is 19.3 Å². The molecule has 106 valence electrons. The molecule has 1 aliphatic rings. The van der Waals surface area contributed by atoms with Gasteiger partial charge in [0, 0.05) is 17.6 Å². The van der Waals surface area contributed by atoms with Crippen LogP contribution in [0.25, 0.3) is 0 Å². The molecule has 1 saturated carbocycles. The van der Waals surface area contributed by atoms with E-state index in [0.717, 1.165) is 31.4 Å². The molecule has 3 nitrogen and oxygen atoms in total. The number of carbonyl (C=O) groups excluding carboxylic acids is 1. The van der Waals surface area contributed by atoms with Gasteiger partial charge < -0.3 is 9.47 Å². The zero-order chi connectivity index (χ0) is 13.6. The minimum Gasteiger partial charge on any atom is -0.469 e. The molecule has 4 heteroatoms. The topological polar surface area (TPSA) is 35.5 Å². The second-order valence-corrected chi connectivity index (χ2v) is 7.50. The molecule has 0 aromatic heterocycles. The smallest absolute Gasteiger partial charge is 0.312 e. The molecule has 0 atom stereocenters. The highest BCUT2D eigenvalue weighted by atomic mass is 32.2. The van der Waals surface area contributed by atoms with Crippen LogP contribution in [-0.4, -0.2) is 37.3 Å². The molecule has 0 saturated heterocycles. The van der Waals surface area contributed by atoms with Crippen molar-refractivity contribution in [1.29, 1.82) is 0 Å². The zero-order valence-electron chi connectivity index (χ0n) is 12.1. The van der Waals surface area contributed by atoms with E-state index in [1.165, 1.54) is 13.5 Å². The predicted octanol–water partition coefficient (Wildman–Crippen LogP) is 3.27. The van der Waals surface area contributed by atoms with Gasteiger partial charge in [0.05, 0.1) is 19.1 Å². The van der Waals surface area contributed by atoms with Crippen LogP contribution < -0.4 is 0 Å². The quantitative estimate of drug-likeness (QED) is 0.696. The van der Waals surface area contributed by atoms with Crippen molar-refractivity contribution >= 4 is 17.7 Å². The molecule has 1 fully saturated rings. The maximum absolute atomic E-state index is 12.1. The first-order valence-electron chi connectivity index (χ1n) is 6.67. The second kappa shape index (κ2) is 6.80. The molecule has 1 aliphatic carbocycles. The van der Waals surface area contributed by atoms with Crippen LogP contribution in [0.15, 0.2) is 0 Å². The van der Waals surface area contributed by atoms with E-state index in [0.29, 0.717) is 6.61 Å². The van der Waals surface area contributed by atoms with Crippen LogP contribution in [0, 0.1) is 5.41 Å². The Morgan fingerprint density at radius 3 is 2.33 bits per heavy atom. The van der Waals surface area contributed by atoms with Crippen LogP contribution in [0.1, 0.15) is 46.0 Å². The number of ether oxygens (including phenoxy) is 2. The van der Waals surface area contributed by atoms with E-state index in [1.807, 2.05) is 11.8 Å². The summed E-state index contributed by atoms with van der Waals surface area (Å²) in [6.07, 6.45) is 5.46. The van der Waals surface area contributed by atoms with Gasteiger partial charge >= 0.3 is 5.97 Å². The van der Waals surface area contributed by atoms with Crippen molar-refractivity contribution < 1.29 is 14.3 Å². The summed E-state index contributed by atoms with van der Waals surface area (Å²) < 4.78 is 10.3. The lowest BCUT2D eigenvalue weighted by Gasteiger charge is -2.36. The Morgan fingerprint density at radius 1 is 1.22 bits per heavy atom. The minimum atomic E-state index is -0.261. The molecule has 0 aromatic rings. The van der Waals surface area contributed by atoms with Gasteiger partial charge in [-0.3, -0.25) is 4.79 Å². The van der Waals surface area contributed by atoms with Gasteiger partial charge in [0.1, 0.15) is 0 Å². The second-order valence-electron chi connectivity index (χ2n) is 5.81. The number of carbonyl (C=O) groups is 1. The van der Waals surface area contributed by atoms with Crippen molar-refractivity contribution in [3.63, 3.8) is 0 Å². The molecule has 0 unspecified atom stereocenters. The average Bonchev–Trinajstić information content (AvgIpc) is 2.36. The van der Waals surface area contributed by atoms with Gasteiger partial charge in [0.25, 0.3) is 0 Å². The molecule has 0 bridgehead atoms. The van der Waals surface area contributed by atoms with Crippen molar-refractivity contribution in [2.45, 2.75) is 50.7 Å². The van der Waals surface area contributed by atoms with Crippen molar-refractivity contribution in [1.82, 2.24) is 0 Å². The number of hydrogen-bond donors (Lipinski definition) is 0. The number of esters is 1. The first-order valence-corrected chi connectivity index (χ1v) is 7.66. The highest BCUT2D eigenvalue weighted by Crippen LogP contribution is 2.42. The van der Waals surface area contributed by atoms with Gasteiger partial charge in [-0.25, -0.2) is 0 Å². The van der Waals surface area contributed by atoms with Crippen LogP contribution in [0.2, 0.25) is 0 Å². The molecule has 0 aromatic carbocycles. The SMILES string of the molecule is COCC(C)(C)SCC1(C(=O)OC)CCCCC1. The third-order valence-corrected chi connectivity index (χ3v) is 5.26. The van der Waals surface area contributed by atoms with E-state index in [1.54, 1.807) is 7.11 Å². The number of methoxy groups -OCH3 is 2. The van der Waals surface area contributed by atoms with Crippen LogP contribution in [0.3, 0.4) is 0 Å². The van der Waals surface area contributed by atoms with Gasteiger partial charge in [-0.2, -0.15) is 11.8 Å². The summed E-state index contributed by atoms with van der Waals surface area (Å²) in [5, 5.41) is 0. The molecule has 0 spiro atoms. The van der Waals surface area contributed by atoms with Gasteiger partial charge in [0.2, 0.25) is 0 Å². The van der Waals surface area contributed by atoms with Crippen molar-refractivity contribution in [3.8, 4) is 0 Å². The summed E-state index contributed by atoms with van der Waals surface area (Å²) in [5.41, 5.74) is -0.261. The lowest BCUT2D eigenvalue weighted by atomic mass is 9.75. The number of hydrogen-bond acceptors (Lipinski definition) is 4. The highest BCUT2D eigenvalue weighted by molar-refractivity contribution is 8.00. The Balaban J connectivity index is 2.65. The summed E-state index contributed by atoms with van der Waals surface area (Å²) in [4.78, 5) is 12.1. The van der Waals surface area contributed by atoms with E-state index < -0.39 is 0 Å². The third kappa shape index (κ3) is 4.16. The maximum Gasteiger partial charge on any atom is 0.312 e. The summed E-state index contributed by atoms with van der Waals surface area (Å²) >= 11 is 1.83. The van der Waals surface area contributed by atoms with E-state index in [9.17, 15) is 4.79 Å². The van der Waals surface area contributed by atoms with Crippen LogP contribution in [0.4, 0.5) is 0 Å². The van der Waals surface area contributed by atoms with Crippen LogP contribution in [-0.2, 0) is 14.3 Å². The van der Waals surface area contributed by atoms with Gasteiger partial charge in [-0.15, -0.1) is 0 Å². The molecular weight excluding hydrogens is 248 g/mol. The van der Waals surface area contributed by atoms with Gasteiger partial charge in [-0.05, 0) is 26.7 Å². The Morgan fingerprint density at radius 2 is 1.83 bits per heavy atom. The molecule has 0 N–H and O–H groups in total. The lowest BCUT2D eigenvalue weighted by molar-refractivity contribution is -0.153. The zero-order valence-corrected chi connectivity index (χ0v) is 12.9. The Labute approximate surface area is 115 Å². The van der Waals surface area contributed by atoms with Crippen molar-refractivity contribution in [2.24, 2.45) is 5.41 Å². The fourth-order valence-corrected chi connectivity index (χ4v) is 3.85.